The summed E-state index contributed by atoms with van der Waals surface area (Å²) in [7, 11) is 0. The molecule has 0 amide bonds. The topological polar surface area (TPSA) is 76.6 Å². The highest BCUT2D eigenvalue weighted by molar-refractivity contribution is 5.68. The first-order valence-corrected chi connectivity index (χ1v) is 6.74. The molecule has 3 rings (SSSR count). The van der Waals surface area contributed by atoms with Gasteiger partial charge in [0.25, 0.3) is 5.56 Å². The monoisotopic (exact) mass is 337 g/mol. The molecule has 0 unspecified atom stereocenters. The third kappa shape index (κ3) is 2.87. The molecule has 0 aliphatic rings. The van der Waals surface area contributed by atoms with Gasteiger partial charge in [0.15, 0.2) is 0 Å². The molecule has 0 fully saturated rings. The van der Waals surface area contributed by atoms with Gasteiger partial charge in [0.2, 0.25) is 0 Å². The predicted octanol–water partition coefficient (Wildman–Crippen LogP) is 2.27. The van der Waals surface area contributed by atoms with Gasteiger partial charge >= 0.3 is 12.1 Å². The van der Waals surface area contributed by atoms with Gasteiger partial charge in [-0.3, -0.25) is 9.59 Å². The molecule has 9 heteroatoms. The van der Waals surface area contributed by atoms with Crippen molar-refractivity contribution in [2.75, 3.05) is 0 Å². The highest BCUT2D eigenvalue weighted by Gasteiger charge is 2.30. The van der Waals surface area contributed by atoms with Crippen LogP contribution in [0.3, 0.4) is 0 Å². The number of aromatic nitrogens is 3. The van der Waals surface area contributed by atoms with Crippen molar-refractivity contribution >= 4 is 11.5 Å². The van der Waals surface area contributed by atoms with Gasteiger partial charge in [-0.2, -0.15) is 18.3 Å². The number of aliphatic carboxylic acids is 1. The van der Waals surface area contributed by atoms with Crippen molar-refractivity contribution in [3.8, 4) is 11.3 Å². The first kappa shape index (κ1) is 15.8. The quantitative estimate of drug-likeness (QED) is 0.795. The molecule has 0 atom stereocenters. The van der Waals surface area contributed by atoms with Gasteiger partial charge < -0.3 is 9.67 Å². The maximum atomic E-state index is 12.8. The van der Waals surface area contributed by atoms with Gasteiger partial charge in [-0.25, -0.2) is 4.52 Å². The van der Waals surface area contributed by atoms with Crippen molar-refractivity contribution in [3.05, 3.63) is 58.6 Å². The summed E-state index contributed by atoms with van der Waals surface area (Å²) in [6, 6.07) is 5.92. The Morgan fingerprint density at radius 1 is 1.21 bits per heavy atom. The maximum absolute atomic E-state index is 12.8. The van der Waals surface area contributed by atoms with Crippen molar-refractivity contribution in [2.24, 2.45) is 0 Å². The molecule has 1 N–H and O–H groups in total. The number of hydrogen-bond acceptors (Lipinski definition) is 3. The summed E-state index contributed by atoms with van der Waals surface area (Å²) in [5.41, 5.74) is -0.943. The average Bonchev–Trinajstić information content (AvgIpc) is 2.94. The molecule has 3 aromatic rings. The maximum Gasteiger partial charge on any atom is 0.416 e. The van der Waals surface area contributed by atoms with Gasteiger partial charge in [0.1, 0.15) is 12.1 Å². The zero-order valence-electron chi connectivity index (χ0n) is 12.0. The molecule has 6 nitrogen and oxygen atoms in total. The number of carbonyl (C=O) groups is 1. The standard InChI is InChI=1S/C15H10F3N3O3/c16-15(17,18)10-3-1-2-9(6-10)11-7-12-14(24)20(8-13(22)23)4-5-21(12)19-11/h1-7H,8H2,(H,22,23). The minimum absolute atomic E-state index is 0.0751. The van der Waals surface area contributed by atoms with Gasteiger partial charge in [-0.1, -0.05) is 12.1 Å². The third-order valence-corrected chi connectivity index (χ3v) is 3.39. The van der Waals surface area contributed by atoms with Crippen molar-refractivity contribution in [1.82, 2.24) is 14.2 Å². The smallest absolute Gasteiger partial charge is 0.416 e. The SMILES string of the molecule is O=C(O)Cn1ccn2nc(-c3cccc(C(F)(F)F)c3)cc2c1=O. The second-order valence-corrected chi connectivity index (χ2v) is 5.06. The molecule has 2 aromatic heterocycles. The number of nitrogens with zero attached hydrogens (tertiary/aromatic N) is 3. The molecule has 0 aliphatic heterocycles. The average molecular weight is 337 g/mol. The summed E-state index contributed by atoms with van der Waals surface area (Å²) in [6.07, 6.45) is -1.85. The molecular formula is C15H10F3N3O3. The molecular weight excluding hydrogens is 327 g/mol. The zero-order chi connectivity index (χ0) is 17.5. The second-order valence-electron chi connectivity index (χ2n) is 5.06. The highest BCUT2D eigenvalue weighted by atomic mass is 19.4. The zero-order valence-corrected chi connectivity index (χ0v) is 12.0. The summed E-state index contributed by atoms with van der Waals surface area (Å²) in [5.74, 6) is -1.18. The molecule has 0 spiro atoms. The molecule has 2 heterocycles. The van der Waals surface area contributed by atoms with Crippen LogP contribution in [0.15, 0.2) is 47.5 Å². The summed E-state index contributed by atoms with van der Waals surface area (Å²) in [6.45, 7) is -0.514. The Labute approximate surface area is 132 Å². The van der Waals surface area contributed by atoms with Gasteiger partial charge in [0.05, 0.1) is 11.3 Å². The number of alkyl halides is 3. The molecule has 0 bridgehead atoms. The number of carboxylic acid groups (broad SMARTS) is 1. The molecule has 24 heavy (non-hydrogen) atoms. The number of halogens is 3. The molecule has 124 valence electrons. The molecule has 0 saturated carbocycles. The van der Waals surface area contributed by atoms with Crippen LogP contribution in [0.4, 0.5) is 13.2 Å². The van der Waals surface area contributed by atoms with Gasteiger partial charge in [-0.05, 0) is 18.2 Å². The van der Waals surface area contributed by atoms with Crippen LogP contribution in [0.2, 0.25) is 0 Å². The summed E-state index contributed by atoms with van der Waals surface area (Å²) < 4.78 is 40.6. The number of fused-ring (bicyclic) bond motifs is 1. The van der Waals surface area contributed by atoms with Crippen molar-refractivity contribution in [3.63, 3.8) is 0 Å². The van der Waals surface area contributed by atoms with Crippen LogP contribution in [0.1, 0.15) is 5.56 Å². The molecule has 0 saturated heterocycles. The lowest BCUT2D eigenvalue weighted by atomic mass is 10.1. The van der Waals surface area contributed by atoms with E-state index < -0.39 is 29.8 Å². The van der Waals surface area contributed by atoms with Crippen LogP contribution in [0.5, 0.6) is 0 Å². The summed E-state index contributed by atoms with van der Waals surface area (Å²) in [5, 5.41) is 12.8. The van der Waals surface area contributed by atoms with Crippen LogP contribution in [0.25, 0.3) is 16.8 Å². The first-order chi connectivity index (χ1) is 11.3. The normalized spacial score (nSPS) is 11.8. The summed E-state index contributed by atoms with van der Waals surface area (Å²) >= 11 is 0. The Balaban J connectivity index is 2.10. The lowest BCUT2D eigenvalue weighted by Crippen LogP contribution is -2.24. The van der Waals surface area contributed by atoms with E-state index in [0.717, 1.165) is 16.7 Å². The van der Waals surface area contributed by atoms with Crippen LogP contribution >= 0.6 is 0 Å². The fourth-order valence-corrected chi connectivity index (χ4v) is 2.29. The van der Waals surface area contributed by atoms with E-state index in [2.05, 4.69) is 5.10 Å². The fourth-order valence-electron chi connectivity index (χ4n) is 2.29. The third-order valence-electron chi connectivity index (χ3n) is 3.39. The van der Waals surface area contributed by atoms with Gasteiger partial charge in [0, 0.05) is 18.0 Å². The van der Waals surface area contributed by atoms with Crippen LogP contribution in [0, 0.1) is 0 Å². The van der Waals surface area contributed by atoms with E-state index in [1.807, 2.05) is 0 Å². The van der Waals surface area contributed by atoms with Crippen LogP contribution in [-0.2, 0) is 17.5 Å². The van der Waals surface area contributed by atoms with E-state index in [1.54, 1.807) is 0 Å². The first-order valence-electron chi connectivity index (χ1n) is 6.74. The number of benzene rings is 1. The number of rotatable bonds is 3. The Kier molecular flexibility index (Phi) is 3.63. The number of carboxylic acids is 1. The van der Waals surface area contributed by atoms with Gasteiger partial charge in [-0.15, -0.1) is 0 Å². The Bertz CT molecular complexity index is 989. The highest BCUT2D eigenvalue weighted by Crippen LogP contribution is 2.31. The van der Waals surface area contributed by atoms with Crippen molar-refractivity contribution in [1.29, 1.82) is 0 Å². The second kappa shape index (κ2) is 5.52. The largest absolute Gasteiger partial charge is 0.480 e. The fraction of sp³-hybridized carbons (Fsp3) is 0.133. The molecule has 0 radical (unpaired) electrons. The van der Waals surface area contributed by atoms with Crippen LogP contribution in [-0.4, -0.2) is 25.3 Å². The number of hydrogen-bond donors (Lipinski definition) is 1. The Morgan fingerprint density at radius 2 is 1.96 bits per heavy atom. The van der Waals surface area contributed by atoms with E-state index >= 15 is 0 Å². The van der Waals surface area contributed by atoms with E-state index in [-0.39, 0.29) is 16.8 Å². The van der Waals surface area contributed by atoms with E-state index in [9.17, 15) is 22.8 Å². The molecule has 0 aliphatic carbocycles. The predicted molar refractivity (Wildman–Crippen MR) is 77.5 cm³/mol. The van der Waals surface area contributed by atoms with Crippen molar-refractivity contribution < 1.29 is 23.1 Å². The van der Waals surface area contributed by atoms with E-state index in [1.165, 1.54) is 35.1 Å². The molecule has 1 aromatic carbocycles. The minimum Gasteiger partial charge on any atom is -0.480 e. The Hall–Kier alpha value is -3.10. The van der Waals surface area contributed by atoms with E-state index in [0.29, 0.717) is 0 Å². The Morgan fingerprint density at radius 3 is 2.62 bits per heavy atom. The van der Waals surface area contributed by atoms with E-state index in [4.69, 9.17) is 5.11 Å². The lowest BCUT2D eigenvalue weighted by molar-refractivity contribution is -0.138. The summed E-state index contributed by atoms with van der Waals surface area (Å²) in [4.78, 5) is 22.9. The van der Waals surface area contributed by atoms with Crippen molar-refractivity contribution in [2.45, 2.75) is 12.7 Å². The lowest BCUT2D eigenvalue weighted by Gasteiger charge is -2.07. The minimum atomic E-state index is -4.48. The van der Waals surface area contributed by atoms with Crippen LogP contribution < -0.4 is 5.56 Å².